The molecule has 1 aromatic heterocycles. The van der Waals surface area contributed by atoms with Crippen LogP contribution in [0.2, 0.25) is 0 Å². The summed E-state index contributed by atoms with van der Waals surface area (Å²) in [4.78, 5) is 25.7. The van der Waals surface area contributed by atoms with Gasteiger partial charge in [0, 0.05) is 18.5 Å². The van der Waals surface area contributed by atoms with Crippen molar-refractivity contribution in [1.29, 1.82) is 0 Å². The van der Waals surface area contributed by atoms with Gasteiger partial charge in [-0.1, -0.05) is 51.8 Å². The predicted molar refractivity (Wildman–Crippen MR) is 105 cm³/mol. The smallest absolute Gasteiger partial charge is 0.274 e. The van der Waals surface area contributed by atoms with Crippen molar-refractivity contribution in [2.45, 2.75) is 59.0 Å². The number of benzene rings is 1. The molecule has 0 aliphatic carbocycles. The van der Waals surface area contributed by atoms with Crippen molar-refractivity contribution < 1.29 is 4.79 Å². The van der Waals surface area contributed by atoms with Crippen LogP contribution in [0.1, 0.15) is 57.4 Å². The van der Waals surface area contributed by atoms with Crippen LogP contribution in [0.4, 0.5) is 0 Å². The van der Waals surface area contributed by atoms with Gasteiger partial charge in [0.05, 0.1) is 10.9 Å². The van der Waals surface area contributed by atoms with Crippen LogP contribution in [0.5, 0.6) is 0 Å². The van der Waals surface area contributed by atoms with Gasteiger partial charge >= 0.3 is 0 Å². The summed E-state index contributed by atoms with van der Waals surface area (Å²) >= 11 is 0. The highest BCUT2D eigenvalue weighted by atomic mass is 16.2. The van der Waals surface area contributed by atoms with Crippen LogP contribution in [0.25, 0.3) is 10.8 Å². The summed E-state index contributed by atoms with van der Waals surface area (Å²) in [5.74, 6) is -0.134. The number of rotatable bonds is 8. The largest absolute Gasteiger partial charge is 0.344 e. The Bertz CT molecular complexity index is 828. The number of nitrogens with one attached hydrogen (secondary N) is 1. The first-order chi connectivity index (χ1) is 12.3. The summed E-state index contributed by atoms with van der Waals surface area (Å²) in [6, 6.07) is 7.13. The highest BCUT2D eigenvalue weighted by Gasteiger charge is 2.30. The Hall–Kier alpha value is -2.21. The normalized spacial score (nSPS) is 13.8. The Morgan fingerprint density at radius 2 is 1.92 bits per heavy atom. The molecule has 0 radical (unpaired) electrons. The first-order valence-corrected chi connectivity index (χ1v) is 9.36. The molecule has 142 valence electrons. The predicted octanol–water partition coefficient (Wildman–Crippen LogP) is 2.69. The van der Waals surface area contributed by atoms with Crippen LogP contribution in [-0.2, 0) is 6.54 Å². The number of amides is 1. The lowest BCUT2D eigenvalue weighted by Gasteiger charge is -2.33. The lowest BCUT2D eigenvalue weighted by atomic mass is 9.88. The topological polar surface area (TPSA) is 90.0 Å². The molecule has 1 unspecified atom stereocenters. The van der Waals surface area contributed by atoms with Crippen molar-refractivity contribution in [1.82, 2.24) is 15.1 Å². The number of unbranched alkanes of at least 4 members (excludes halogenated alkanes) is 2. The van der Waals surface area contributed by atoms with Gasteiger partial charge in [0.15, 0.2) is 5.69 Å². The number of aryl methyl sites for hydroxylation is 1. The van der Waals surface area contributed by atoms with E-state index in [1.54, 1.807) is 18.2 Å². The summed E-state index contributed by atoms with van der Waals surface area (Å²) < 4.78 is 1.42. The van der Waals surface area contributed by atoms with Crippen LogP contribution >= 0.6 is 0 Å². The number of aromatic nitrogens is 2. The van der Waals surface area contributed by atoms with Crippen molar-refractivity contribution in [3.8, 4) is 0 Å². The van der Waals surface area contributed by atoms with E-state index in [2.05, 4.69) is 17.3 Å². The van der Waals surface area contributed by atoms with E-state index in [4.69, 9.17) is 5.73 Å². The van der Waals surface area contributed by atoms with E-state index >= 15 is 0 Å². The first kappa shape index (κ1) is 20.1. The third-order valence-corrected chi connectivity index (χ3v) is 5.15. The summed E-state index contributed by atoms with van der Waals surface area (Å²) in [6.45, 7) is 8.90. The van der Waals surface area contributed by atoms with Crippen LogP contribution < -0.4 is 16.6 Å². The second-order valence-corrected chi connectivity index (χ2v) is 7.36. The van der Waals surface area contributed by atoms with E-state index in [-0.39, 0.29) is 23.1 Å². The molecule has 3 N–H and O–H groups in total. The lowest BCUT2D eigenvalue weighted by molar-refractivity contribution is 0.0877. The molecule has 1 heterocycles. The Morgan fingerprint density at radius 1 is 1.27 bits per heavy atom. The average molecular weight is 358 g/mol. The molecule has 0 saturated carbocycles. The average Bonchev–Trinajstić information content (AvgIpc) is 2.63. The molecule has 0 aliphatic rings. The van der Waals surface area contributed by atoms with Gasteiger partial charge in [-0.15, -0.1) is 0 Å². The number of hydrogen-bond acceptors (Lipinski definition) is 4. The zero-order valence-corrected chi connectivity index (χ0v) is 16.2. The Labute approximate surface area is 154 Å². The minimum atomic E-state index is -0.539. The monoisotopic (exact) mass is 358 g/mol. The molecular formula is C20H30N4O2. The molecule has 1 amide bonds. The van der Waals surface area contributed by atoms with E-state index in [1.165, 1.54) is 4.68 Å². The number of carbonyl (C=O) groups is 1. The first-order valence-electron chi connectivity index (χ1n) is 9.36. The van der Waals surface area contributed by atoms with Gasteiger partial charge in [0.2, 0.25) is 0 Å². The van der Waals surface area contributed by atoms with Gasteiger partial charge in [-0.3, -0.25) is 9.59 Å². The Balaban J connectivity index is 2.49. The van der Waals surface area contributed by atoms with Gasteiger partial charge < -0.3 is 11.1 Å². The van der Waals surface area contributed by atoms with Crippen LogP contribution in [0.15, 0.2) is 29.1 Å². The minimum absolute atomic E-state index is 0.154. The number of nitrogens with two attached hydrogens (primary N) is 1. The quantitative estimate of drug-likeness (QED) is 0.710. The molecule has 0 spiro atoms. The molecule has 26 heavy (non-hydrogen) atoms. The Morgan fingerprint density at radius 3 is 2.50 bits per heavy atom. The zero-order chi connectivity index (χ0) is 19.3. The third kappa shape index (κ3) is 4.12. The van der Waals surface area contributed by atoms with Crippen molar-refractivity contribution in [2.75, 3.05) is 6.54 Å². The van der Waals surface area contributed by atoms with Crippen LogP contribution in [0.3, 0.4) is 0 Å². The van der Waals surface area contributed by atoms with E-state index in [9.17, 15) is 9.59 Å². The second-order valence-electron chi connectivity index (χ2n) is 7.36. The van der Waals surface area contributed by atoms with Crippen molar-refractivity contribution in [3.63, 3.8) is 0 Å². The van der Waals surface area contributed by atoms with Crippen LogP contribution in [-0.4, -0.2) is 27.8 Å². The maximum absolute atomic E-state index is 13.0. The molecule has 0 saturated heterocycles. The van der Waals surface area contributed by atoms with E-state index in [0.717, 1.165) is 19.3 Å². The van der Waals surface area contributed by atoms with E-state index in [1.807, 2.05) is 26.8 Å². The maximum atomic E-state index is 13.0. The summed E-state index contributed by atoms with van der Waals surface area (Å²) in [6.07, 6.45) is 2.93. The van der Waals surface area contributed by atoms with Gasteiger partial charge in [-0.2, -0.15) is 5.10 Å². The van der Waals surface area contributed by atoms with Crippen molar-refractivity contribution >= 4 is 16.7 Å². The van der Waals surface area contributed by atoms with Crippen molar-refractivity contribution in [2.24, 2.45) is 11.7 Å². The summed E-state index contributed by atoms with van der Waals surface area (Å²) in [5.41, 5.74) is 5.47. The standard InChI is InChI=1S/C20H30N4O2/c1-5-6-9-12-24-19(26)16-11-8-7-10-15(16)17(23-24)18(25)22-20(4,13-21)14(2)3/h7-8,10-11,14H,5-6,9,12-13,21H2,1-4H3,(H,22,25). The molecule has 0 aliphatic heterocycles. The number of hydrogen-bond donors (Lipinski definition) is 2. The number of nitrogens with zero attached hydrogens (tertiary/aromatic N) is 2. The SMILES string of the molecule is CCCCCn1nc(C(=O)NC(C)(CN)C(C)C)c2ccccc2c1=O. The summed E-state index contributed by atoms with van der Waals surface area (Å²) in [7, 11) is 0. The maximum Gasteiger partial charge on any atom is 0.274 e. The van der Waals surface area contributed by atoms with Gasteiger partial charge in [0.1, 0.15) is 0 Å². The molecule has 0 bridgehead atoms. The van der Waals surface area contributed by atoms with Gasteiger partial charge in [-0.25, -0.2) is 4.68 Å². The molecule has 6 heteroatoms. The third-order valence-electron chi connectivity index (χ3n) is 5.15. The molecule has 2 rings (SSSR count). The molecule has 1 aromatic carbocycles. The molecule has 2 aromatic rings. The lowest BCUT2D eigenvalue weighted by Crippen LogP contribution is -2.55. The number of carbonyl (C=O) groups excluding carboxylic acids is 1. The second kappa shape index (κ2) is 8.45. The fraction of sp³-hybridized carbons (Fsp3) is 0.550. The fourth-order valence-corrected chi connectivity index (χ4v) is 2.82. The number of fused-ring (bicyclic) bond motifs is 1. The Kier molecular flexibility index (Phi) is 6.53. The molecule has 6 nitrogen and oxygen atoms in total. The minimum Gasteiger partial charge on any atom is -0.344 e. The van der Waals surface area contributed by atoms with Gasteiger partial charge in [-0.05, 0) is 25.3 Å². The van der Waals surface area contributed by atoms with E-state index < -0.39 is 5.54 Å². The molecule has 0 fully saturated rings. The van der Waals surface area contributed by atoms with Crippen molar-refractivity contribution in [3.05, 3.63) is 40.3 Å². The van der Waals surface area contributed by atoms with E-state index in [0.29, 0.717) is 23.9 Å². The summed E-state index contributed by atoms with van der Waals surface area (Å²) in [5, 5.41) is 8.52. The fourth-order valence-electron chi connectivity index (χ4n) is 2.82. The zero-order valence-electron chi connectivity index (χ0n) is 16.2. The van der Waals surface area contributed by atoms with Gasteiger partial charge in [0.25, 0.3) is 11.5 Å². The molecular weight excluding hydrogens is 328 g/mol. The highest BCUT2D eigenvalue weighted by Crippen LogP contribution is 2.18. The van der Waals surface area contributed by atoms with Crippen LogP contribution in [0, 0.1) is 5.92 Å². The molecule has 1 atom stereocenters. The highest BCUT2D eigenvalue weighted by molar-refractivity contribution is 6.05.